The topological polar surface area (TPSA) is 41.9 Å². The number of nitrogens with zero attached hydrogens (tertiary/aromatic N) is 1. The van der Waals surface area contributed by atoms with Gasteiger partial charge in [0.15, 0.2) is 6.79 Å². The van der Waals surface area contributed by atoms with E-state index in [1.54, 1.807) is 0 Å². The van der Waals surface area contributed by atoms with Crippen LogP contribution < -0.4 is 4.74 Å². The molecule has 1 N–H and O–H groups in total. The standard InChI is InChI=1S/C16H22ClNO3/c1-11(19)5-15-3-2-4-18(15)8-12-6-14(17)7-13-9-20-10-21-16(12)13/h6-7,11,15,19H,2-5,8-10H2,1H3. The molecule has 0 saturated carbocycles. The van der Waals surface area contributed by atoms with Crippen LogP contribution in [0.4, 0.5) is 0 Å². The van der Waals surface area contributed by atoms with Crippen LogP contribution in [0.2, 0.25) is 5.02 Å². The highest BCUT2D eigenvalue weighted by Crippen LogP contribution is 2.34. The van der Waals surface area contributed by atoms with Crippen molar-refractivity contribution in [1.82, 2.24) is 4.90 Å². The second kappa shape index (κ2) is 6.53. The van der Waals surface area contributed by atoms with Crippen molar-refractivity contribution in [3.8, 4) is 5.75 Å². The fourth-order valence-electron chi connectivity index (χ4n) is 3.36. The number of benzene rings is 1. The first kappa shape index (κ1) is 15.1. The summed E-state index contributed by atoms with van der Waals surface area (Å²) in [6, 6.07) is 4.35. The molecule has 4 nitrogen and oxygen atoms in total. The first-order chi connectivity index (χ1) is 10.1. The van der Waals surface area contributed by atoms with Crippen molar-refractivity contribution in [2.75, 3.05) is 13.3 Å². The summed E-state index contributed by atoms with van der Waals surface area (Å²) >= 11 is 6.22. The van der Waals surface area contributed by atoms with Crippen molar-refractivity contribution in [2.45, 2.75) is 51.5 Å². The van der Waals surface area contributed by atoms with Gasteiger partial charge in [0.05, 0.1) is 12.7 Å². The van der Waals surface area contributed by atoms with E-state index in [1.165, 1.54) is 6.42 Å². The molecule has 0 aromatic heterocycles. The highest BCUT2D eigenvalue weighted by atomic mass is 35.5. The average molecular weight is 312 g/mol. The summed E-state index contributed by atoms with van der Waals surface area (Å²) in [4.78, 5) is 2.43. The fourth-order valence-corrected chi connectivity index (χ4v) is 3.62. The molecule has 116 valence electrons. The summed E-state index contributed by atoms with van der Waals surface area (Å²) in [6.45, 7) is 4.60. The molecule has 1 aromatic carbocycles. The van der Waals surface area contributed by atoms with Crippen molar-refractivity contribution in [3.63, 3.8) is 0 Å². The van der Waals surface area contributed by atoms with Crippen LogP contribution in [0.5, 0.6) is 5.75 Å². The molecule has 5 heteroatoms. The molecule has 2 heterocycles. The van der Waals surface area contributed by atoms with E-state index in [0.29, 0.717) is 19.4 Å². The van der Waals surface area contributed by atoms with E-state index in [2.05, 4.69) is 4.90 Å². The molecule has 0 bridgehead atoms. The molecule has 1 fully saturated rings. The van der Waals surface area contributed by atoms with Crippen molar-refractivity contribution in [2.24, 2.45) is 0 Å². The minimum Gasteiger partial charge on any atom is -0.467 e. The Hall–Kier alpha value is -0.810. The SMILES string of the molecule is CC(O)CC1CCCN1Cc1cc(Cl)cc2c1OCOC2. The number of hydrogen-bond acceptors (Lipinski definition) is 4. The molecule has 3 rings (SSSR count). The van der Waals surface area contributed by atoms with Gasteiger partial charge in [-0.25, -0.2) is 0 Å². The summed E-state index contributed by atoms with van der Waals surface area (Å²) < 4.78 is 11.0. The normalized spacial score (nSPS) is 23.7. The van der Waals surface area contributed by atoms with Crippen molar-refractivity contribution in [1.29, 1.82) is 0 Å². The summed E-state index contributed by atoms with van der Waals surface area (Å²) in [6.07, 6.45) is 2.91. The number of ether oxygens (including phenoxy) is 2. The Balaban J connectivity index is 1.79. The van der Waals surface area contributed by atoms with Crippen molar-refractivity contribution >= 4 is 11.6 Å². The first-order valence-electron chi connectivity index (χ1n) is 7.57. The fraction of sp³-hybridized carbons (Fsp3) is 0.625. The summed E-state index contributed by atoms with van der Waals surface area (Å²) in [5.41, 5.74) is 2.15. The maximum absolute atomic E-state index is 9.64. The van der Waals surface area contributed by atoms with Gasteiger partial charge in [-0.3, -0.25) is 4.90 Å². The Bertz CT molecular complexity index is 507. The summed E-state index contributed by atoms with van der Waals surface area (Å²) in [5.74, 6) is 0.924. The molecule has 21 heavy (non-hydrogen) atoms. The number of rotatable bonds is 4. The zero-order valence-electron chi connectivity index (χ0n) is 12.3. The molecular formula is C16H22ClNO3. The van der Waals surface area contributed by atoms with E-state index in [9.17, 15) is 5.11 Å². The number of aliphatic hydroxyl groups is 1. The number of fused-ring (bicyclic) bond motifs is 1. The zero-order chi connectivity index (χ0) is 14.8. The van der Waals surface area contributed by atoms with Crippen molar-refractivity contribution < 1.29 is 14.6 Å². The predicted molar refractivity (Wildman–Crippen MR) is 81.5 cm³/mol. The van der Waals surface area contributed by atoms with Crippen LogP contribution in [-0.2, 0) is 17.9 Å². The Morgan fingerprint density at radius 1 is 1.48 bits per heavy atom. The lowest BCUT2D eigenvalue weighted by atomic mass is 10.1. The first-order valence-corrected chi connectivity index (χ1v) is 7.95. The molecule has 0 spiro atoms. The van der Waals surface area contributed by atoms with E-state index in [0.717, 1.165) is 47.8 Å². The van der Waals surface area contributed by atoms with Gasteiger partial charge in [0.2, 0.25) is 0 Å². The minimum absolute atomic E-state index is 0.256. The van der Waals surface area contributed by atoms with Crippen LogP contribution in [0.3, 0.4) is 0 Å². The molecule has 0 radical (unpaired) electrons. The van der Waals surface area contributed by atoms with Gasteiger partial charge in [-0.1, -0.05) is 11.6 Å². The largest absolute Gasteiger partial charge is 0.467 e. The van der Waals surface area contributed by atoms with Gasteiger partial charge < -0.3 is 14.6 Å². The summed E-state index contributed by atoms with van der Waals surface area (Å²) in [5, 5.41) is 10.4. The third-order valence-corrected chi connectivity index (χ3v) is 4.46. The van der Waals surface area contributed by atoms with Gasteiger partial charge in [0.1, 0.15) is 5.75 Å². The Labute approximate surface area is 130 Å². The Morgan fingerprint density at radius 2 is 2.33 bits per heavy atom. The quantitative estimate of drug-likeness (QED) is 0.928. The van der Waals surface area contributed by atoms with Gasteiger partial charge in [0, 0.05) is 28.7 Å². The molecule has 2 atom stereocenters. The third kappa shape index (κ3) is 3.51. The maximum atomic E-state index is 9.64. The molecule has 2 unspecified atom stereocenters. The van der Waals surface area contributed by atoms with Gasteiger partial charge in [-0.05, 0) is 44.9 Å². The second-order valence-electron chi connectivity index (χ2n) is 6.02. The van der Waals surface area contributed by atoms with E-state index in [-0.39, 0.29) is 6.10 Å². The number of aliphatic hydroxyl groups excluding tert-OH is 1. The van der Waals surface area contributed by atoms with Gasteiger partial charge in [0.25, 0.3) is 0 Å². The maximum Gasteiger partial charge on any atom is 0.189 e. The van der Waals surface area contributed by atoms with E-state index in [1.807, 2.05) is 19.1 Å². The number of likely N-dealkylation sites (tertiary alicyclic amines) is 1. The van der Waals surface area contributed by atoms with Gasteiger partial charge >= 0.3 is 0 Å². The van der Waals surface area contributed by atoms with Crippen LogP contribution in [0.1, 0.15) is 37.3 Å². The second-order valence-corrected chi connectivity index (χ2v) is 6.45. The third-order valence-electron chi connectivity index (χ3n) is 4.24. The van der Waals surface area contributed by atoms with E-state index in [4.69, 9.17) is 21.1 Å². The lowest BCUT2D eigenvalue weighted by Gasteiger charge is -2.28. The van der Waals surface area contributed by atoms with E-state index >= 15 is 0 Å². The van der Waals surface area contributed by atoms with E-state index < -0.39 is 0 Å². The number of hydrogen-bond donors (Lipinski definition) is 1. The van der Waals surface area contributed by atoms with Crippen LogP contribution in [0.25, 0.3) is 0 Å². The molecule has 1 aromatic rings. The lowest BCUT2D eigenvalue weighted by Crippen LogP contribution is -2.31. The highest BCUT2D eigenvalue weighted by Gasteiger charge is 2.27. The smallest absolute Gasteiger partial charge is 0.189 e. The molecule has 0 aliphatic carbocycles. The van der Waals surface area contributed by atoms with Gasteiger partial charge in [-0.2, -0.15) is 0 Å². The molecule has 2 aliphatic rings. The highest BCUT2D eigenvalue weighted by molar-refractivity contribution is 6.30. The van der Waals surface area contributed by atoms with Gasteiger partial charge in [-0.15, -0.1) is 0 Å². The molecular weight excluding hydrogens is 290 g/mol. The van der Waals surface area contributed by atoms with Crippen LogP contribution >= 0.6 is 11.6 Å². The summed E-state index contributed by atoms with van der Waals surface area (Å²) in [7, 11) is 0. The van der Waals surface area contributed by atoms with Crippen molar-refractivity contribution in [3.05, 3.63) is 28.3 Å². The minimum atomic E-state index is -0.256. The Kier molecular flexibility index (Phi) is 4.69. The van der Waals surface area contributed by atoms with Crippen LogP contribution in [0.15, 0.2) is 12.1 Å². The molecule has 2 aliphatic heterocycles. The average Bonchev–Trinajstić information content (AvgIpc) is 2.85. The zero-order valence-corrected chi connectivity index (χ0v) is 13.1. The van der Waals surface area contributed by atoms with Crippen LogP contribution in [-0.4, -0.2) is 35.5 Å². The predicted octanol–water partition coefficient (Wildman–Crippen LogP) is 2.94. The lowest BCUT2D eigenvalue weighted by molar-refractivity contribution is -0.0175. The molecule has 1 saturated heterocycles. The number of halogens is 1. The Morgan fingerprint density at radius 3 is 3.14 bits per heavy atom. The van der Waals surface area contributed by atoms with Crippen LogP contribution in [0, 0.1) is 0 Å². The monoisotopic (exact) mass is 311 g/mol. The molecule has 0 amide bonds.